The monoisotopic (exact) mass is 260 g/mol. The van der Waals surface area contributed by atoms with E-state index in [-0.39, 0.29) is 5.56 Å². The molecule has 0 atom stereocenters. The predicted octanol–water partition coefficient (Wildman–Crippen LogP) is 0.357. The van der Waals surface area contributed by atoms with E-state index in [0.29, 0.717) is 30.2 Å². The number of aromatic nitrogens is 3. The van der Waals surface area contributed by atoms with Crippen molar-refractivity contribution in [1.29, 1.82) is 0 Å². The van der Waals surface area contributed by atoms with Crippen LogP contribution in [0, 0.1) is 0 Å². The van der Waals surface area contributed by atoms with E-state index < -0.39 is 5.69 Å². The van der Waals surface area contributed by atoms with E-state index in [1.54, 1.807) is 6.20 Å². The minimum Gasteiger partial charge on any atom is -0.310 e. The molecule has 0 amide bonds. The van der Waals surface area contributed by atoms with Gasteiger partial charge in [-0.05, 0) is 31.4 Å². The van der Waals surface area contributed by atoms with E-state index in [1.165, 1.54) is 17.4 Å². The predicted molar refractivity (Wildman–Crippen MR) is 72.2 cm³/mol. The van der Waals surface area contributed by atoms with Gasteiger partial charge in [0.25, 0.3) is 5.56 Å². The summed E-state index contributed by atoms with van der Waals surface area (Å²) in [6.07, 6.45) is 4.16. The molecule has 0 spiro atoms. The van der Waals surface area contributed by atoms with Crippen molar-refractivity contribution in [3.05, 3.63) is 38.7 Å². The third-order valence-corrected chi connectivity index (χ3v) is 3.38. The van der Waals surface area contributed by atoms with Crippen LogP contribution in [0.3, 0.4) is 0 Å². The van der Waals surface area contributed by atoms with Gasteiger partial charge in [0.2, 0.25) is 0 Å². The zero-order chi connectivity index (χ0) is 13.4. The molecule has 0 radical (unpaired) electrons. The van der Waals surface area contributed by atoms with Crippen molar-refractivity contribution in [2.45, 2.75) is 38.9 Å². The lowest BCUT2D eigenvalue weighted by Crippen LogP contribution is -2.30. The van der Waals surface area contributed by atoms with Gasteiger partial charge in [-0.3, -0.25) is 14.3 Å². The molecular formula is C13H16N4O2. The fourth-order valence-electron chi connectivity index (χ4n) is 2.15. The van der Waals surface area contributed by atoms with E-state index in [4.69, 9.17) is 0 Å². The number of rotatable bonds is 4. The number of aryl methyl sites for hydroxylation is 1. The molecule has 100 valence electrons. The molecular weight excluding hydrogens is 244 g/mol. The number of aromatic amines is 1. The Hall–Kier alpha value is -1.95. The van der Waals surface area contributed by atoms with E-state index in [2.05, 4.69) is 15.3 Å². The molecule has 2 aromatic rings. The average Bonchev–Trinajstić information content (AvgIpc) is 3.21. The molecule has 1 aliphatic rings. The normalized spacial score (nSPS) is 15.0. The molecule has 6 nitrogen and oxygen atoms in total. The Balaban J connectivity index is 2.06. The number of hydrogen-bond donors (Lipinski definition) is 2. The quantitative estimate of drug-likeness (QED) is 0.831. The maximum Gasteiger partial charge on any atom is 0.329 e. The lowest BCUT2D eigenvalue weighted by molar-refractivity contribution is 0.684. The van der Waals surface area contributed by atoms with Crippen LogP contribution in [0.4, 0.5) is 0 Å². The Morgan fingerprint density at radius 3 is 2.95 bits per heavy atom. The minimum absolute atomic E-state index is 0.370. The summed E-state index contributed by atoms with van der Waals surface area (Å²) >= 11 is 0. The van der Waals surface area contributed by atoms with Crippen LogP contribution in [0.2, 0.25) is 0 Å². The van der Waals surface area contributed by atoms with Gasteiger partial charge in [0.05, 0.1) is 5.39 Å². The first-order chi connectivity index (χ1) is 9.19. The Morgan fingerprint density at radius 2 is 2.26 bits per heavy atom. The van der Waals surface area contributed by atoms with Crippen LogP contribution in [-0.4, -0.2) is 20.6 Å². The Morgan fingerprint density at radius 1 is 1.47 bits per heavy atom. The number of pyridine rings is 1. The Bertz CT molecular complexity index is 727. The molecule has 2 aromatic heterocycles. The van der Waals surface area contributed by atoms with Crippen LogP contribution in [-0.2, 0) is 13.1 Å². The molecule has 2 N–H and O–H groups in total. The molecule has 0 aliphatic heterocycles. The number of H-pyrrole nitrogens is 1. The van der Waals surface area contributed by atoms with Gasteiger partial charge in [-0.2, -0.15) is 0 Å². The molecule has 0 saturated heterocycles. The lowest BCUT2D eigenvalue weighted by atomic mass is 10.2. The van der Waals surface area contributed by atoms with Crippen molar-refractivity contribution in [2.75, 3.05) is 0 Å². The highest BCUT2D eigenvalue weighted by atomic mass is 16.2. The number of nitrogens with one attached hydrogen (secondary N) is 2. The van der Waals surface area contributed by atoms with Gasteiger partial charge in [-0.15, -0.1) is 0 Å². The third-order valence-electron chi connectivity index (χ3n) is 3.38. The molecule has 3 rings (SSSR count). The summed E-state index contributed by atoms with van der Waals surface area (Å²) < 4.78 is 1.47. The van der Waals surface area contributed by atoms with E-state index in [9.17, 15) is 9.59 Å². The third kappa shape index (κ3) is 2.31. The Labute approximate surface area is 109 Å². The second-order valence-electron chi connectivity index (χ2n) is 4.87. The highest BCUT2D eigenvalue weighted by Gasteiger charge is 2.20. The van der Waals surface area contributed by atoms with E-state index in [0.717, 1.165) is 5.56 Å². The summed E-state index contributed by atoms with van der Waals surface area (Å²) in [4.78, 5) is 30.1. The topological polar surface area (TPSA) is 79.8 Å². The lowest BCUT2D eigenvalue weighted by Gasteiger charge is -2.07. The number of nitrogens with zero attached hydrogens (tertiary/aromatic N) is 2. The summed E-state index contributed by atoms with van der Waals surface area (Å²) in [5, 5.41) is 3.85. The van der Waals surface area contributed by atoms with Crippen molar-refractivity contribution in [3.8, 4) is 0 Å². The smallest absolute Gasteiger partial charge is 0.310 e. The van der Waals surface area contributed by atoms with Gasteiger partial charge in [0.15, 0.2) is 0 Å². The Kier molecular flexibility index (Phi) is 2.94. The molecule has 1 aliphatic carbocycles. The number of hydrogen-bond acceptors (Lipinski definition) is 4. The van der Waals surface area contributed by atoms with Gasteiger partial charge in [-0.25, -0.2) is 9.78 Å². The van der Waals surface area contributed by atoms with Crippen LogP contribution >= 0.6 is 0 Å². The maximum absolute atomic E-state index is 11.8. The van der Waals surface area contributed by atoms with Crippen LogP contribution < -0.4 is 16.6 Å². The fourth-order valence-corrected chi connectivity index (χ4v) is 2.15. The highest BCUT2D eigenvalue weighted by Crippen LogP contribution is 2.19. The van der Waals surface area contributed by atoms with Gasteiger partial charge in [0.1, 0.15) is 5.65 Å². The summed E-state index contributed by atoms with van der Waals surface area (Å²) in [5.41, 5.74) is 0.638. The van der Waals surface area contributed by atoms with E-state index in [1.807, 2.05) is 13.0 Å². The molecule has 19 heavy (non-hydrogen) atoms. The summed E-state index contributed by atoms with van der Waals surface area (Å²) in [6, 6.07) is 2.42. The number of fused-ring (bicyclic) bond motifs is 1. The summed E-state index contributed by atoms with van der Waals surface area (Å²) in [5.74, 6) is 0. The molecule has 2 heterocycles. The van der Waals surface area contributed by atoms with Gasteiger partial charge >= 0.3 is 5.69 Å². The first-order valence-corrected chi connectivity index (χ1v) is 6.54. The zero-order valence-electron chi connectivity index (χ0n) is 10.8. The molecule has 1 fully saturated rings. The van der Waals surface area contributed by atoms with Crippen molar-refractivity contribution in [1.82, 2.24) is 19.9 Å². The van der Waals surface area contributed by atoms with Crippen LogP contribution in [0.25, 0.3) is 11.0 Å². The van der Waals surface area contributed by atoms with Gasteiger partial charge in [-0.1, -0.05) is 0 Å². The molecule has 6 heteroatoms. The molecule has 0 bridgehead atoms. The zero-order valence-corrected chi connectivity index (χ0v) is 10.8. The van der Waals surface area contributed by atoms with Crippen LogP contribution in [0.5, 0.6) is 0 Å². The van der Waals surface area contributed by atoms with Gasteiger partial charge < -0.3 is 5.32 Å². The first-order valence-electron chi connectivity index (χ1n) is 6.54. The average molecular weight is 260 g/mol. The highest BCUT2D eigenvalue weighted by molar-refractivity contribution is 5.74. The van der Waals surface area contributed by atoms with Crippen LogP contribution in [0.15, 0.2) is 21.9 Å². The standard InChI is InChI=1S/C13H16N4O2/c1-2-17-11-10(12(18)16-13(17)19)5-8(7-15-11)6-14-9-3-4-9/h5,7,9,14H,2-4,6H2,1H3,(H,16,18,19). The largest absolute Gasteiger partial charge is 0.329 e. The minimum atomic E-state index is -0.406. The summed E-state index contributed by atoms with van der Waals surface area (Å²) in [7, 11) is 0. The van der Waals surface area contributed by atoms with E-state index >= 15 is 0 Å². The first kappa shape index (κ1) is 12.1. The second-order valence-corrected chi connectivity index (χ2v) is 4.87. The van der Waals surface area contributed by atoms with Crippen molar-refractivity contribution >= 4 is 11.0 Å². The molecule has 0 unspecified atom stereocenters. The second kappa shape index (κ2) is 4.62. The SMILES string of the molecule is CCn1c(=O)[nH]c(=O)c2cc(CNC3CC3)cnc21. The fraction of sp³-hybridized carbons (Fsp3) is 0.462. The van der Waals surface area contributed by atoms with Crippen molar-refractivity contribution < 1.29 is 0 Å². The van der Waals surface area contributed by atoms with Crippen molar-refractivity contribution in [2.24, 2.45) is 0 Å². The molecule has 0 aromatic carbocycles. The van der Waals surface area contributed by atoms with Crippen molar-refractivity contribution in [3.63, 3.8) is 0 Å². The maximum atomic E-state index is 11.8. The molecule has 1 saturated carbocycles. The van der Waals surface area contributed by atoms with Gasteiger partial charge in [0, 0.05) is 25.3 Å². The summed E-state index contributed by atoms with van der Waals surface area (Å²) in [6.45, 7) is 3.04. The van der Waals surface area contributed by atoms with Crippen LogP contribution in [0.1, 0.15) is 25.3 Å².